The van der Waals surface area contributed by atoms with E-state index in [1.54, 1.807) is 6.07 Å². The van der Waals surface area contributed by atoms with Gasteiger partial charge < -0.3 is 19.2 Å². The van der Waals surface area contributed by atoms with Crippen molar-refractivity contribution in [2.75, 3.05) is 0 Å². The zero-order valence-corrected chi connectivity index (χ0v) is 17.4. The van der Waals surface area contributed by atoms with Crippen LogP contribution in [0.25, 0.3) is 0 Å². The van der Waals surface area contributed by atoms with E-state index >= 15 is 0 Å². The monoisotopic (exact) mass is 423 g/mol. The Balaban J connectivity index is 1.43. The van der Waals surface area contributed by atoms with Crippen LogP contribution in [0.4, 0.5) is 4.79 Å². The molecule has 1 aromatic heterocycles. The first-order valence-corrected chi connectivity index (χ1v) is 9.86. The Morgan fingerprint density at radius 3 is 2.45 bits per heavy atom. The summed E-state index contributed by atoms with van der Waals surface area (Å²) in [6.07, 6.45) is 0.0190. The molecule has 3 aromatic rings. The van der Waals surface area contributed by atoms with E-state index in [-0.39, 0.29) is 25.0 Å². The van der Waals surface area contributed by atoms with E-state index in [0.717, 1.165) is 5.56 Å². The Bertz CT molecular complexity index is 1000. The van der Waals surface area contributed by atoms with Gasteiger partial charge in [0.05, 0.1) is 6.10 Å². The van der Waals surface area contributed by atoms with Crippen LogP contribution in [0.15, 0.2) is 71.1 Å². The van der Waals surface area contributed by atoms with Crippen LogP contribution in [0.5, 0.6) is 11.5 Å². The maximum atomic E-state index is 12.2. The first-order valence-electron chi connectivity index (χ1n) is 9.86. The molecule has 0 radical (unpaired) electrons. The number of benzene rings is 2. The van der Waals surface area contributed by atoms with Gasteiger partial charge in [0.25, 0.3) is 0 Å². The second kappa shape index (κ2) is 10.7. The normalized spacial score (nSPS) is 10.4. The number of furan rings is 1. The van der Waals surface area contributed by atoms with Gasteiger partial charge in [-0.25, -0.2) is 10.2 Å². The largest absolute Gasteiger partial charge is 0.491 e. The molecule has 8 heteroatoms. The molecule has 1 heterocycles. The molecule has 3 rings (SSSR count). The third-order valence-electron chi connectivity index (χ3n) is 4.07. The number of para-hydroxylation sites is 2. The highest BCUT2D eigenvalue weighted by atomic mass is 16.5. The van der Waals surface area contributed by atoms with Crippen molar-refractivity contribution in [3.8, 4) is 11.5 Å². The SMILES string of the molecule is CC(C)Oc1ccccc1CNC(=O)NNC(=O)c1ccc(COc2ccccc2)o1. The number of hydrazine groups is 1. The fourth-order valence-electron chi connectivity index (χ4n) is 2.66. The van der Waals surface area contributed by atoms with Crippen molar-refractivity contribution in [2.24, 2.45) is 0 Å². The average molecular weight is 423 g/mol. The van der Waals surface area contributed by atoms with Crippen LogP contribution < -0.4 is 25.6 Å². The second-order valence-electron chi connectivity index (χ2n) is 6.90. The van der Waals surface area contributed by atoms with E-state index in [9.17, 15) is 9.59 Å². The molecule has 0 atom stereocenters. The van der Waals surface area contributed by atoms with E-state index in [1.165, 1.54) is 6.07 Å². The Morgan fingerprint density at radius 2 is 1.68 bits per heavy atom. The van der Waals surface area contributed by atoms with Crippen molar-refractivity contribution in [3.63, 3.8) is 0 Å². The van der Waals surface area contributed by atoms with Gasteiger partial charge >= 0.3 is 11.9 Å². The molecule has 8 nitrogen and oxygen atoms in total. The van der Waals surface area contributed by atoms with Crippen LogP contribution in [0.1, 0.15) is 35.7 Å². The molecule has 0 unspecified atom stereocenters. The van der Waals surface area contributed by atoms with Gasteiger partial charge in [0, 0.05) is 12.1 Å². The summed E-state index contributed by atoms with van der Waals surface area (Å²) in [7, 11) is 0. The third-order valence-corrected chi connectivity index (χ3v) is 4.07. The molecule has 0 saturated heterocycles. The number of hydrogen-bond acceptors (Lipinski definition) is 5. The molecular weight excluding hydrogens is 398 g/mol. The number of amides is 3. The number of carbonyl (C=O) groups is 2. The van der Waals surface area contributed by atoms with Crippen molar-refractivity contribution in [3.05, 3.63) is 83.8 Å². The van der Waals surface area contributed by atoms with Crippen molar-refractivity contribution in [1.29, 1.82) is 0 Å². The molecule has 0 fully saturated rings. The Labute approximate surface area is 180 Å². The van der Waals surface area contributed by atoms with Gasteiger partial charge in [-0.3, -0.25) is 10.2 Å². The molecule has 162 valence electrons. The molecule has 3 amide bonds. The van der Waals surface area contributed by atoms with E-state index in [0.29, 0.717) is 17.3 Å². The van der Waals surface area contributed by atoms with E-state index in [1.807, 2.05) is 68.4 Å². The van der Waals surface area contributed by atoms with Crippen molar-refractivity contribution in [1.82, 2.24) is 16.2 Å². The van der Waals surface area contributed by atoms with Crippen molar-refractivity contribution >= 4 is 11.9 Å². The highest BCUT2D eigenvalue weighted by Gasteiger charge is 2.13. The van der Waals surface area contributed by atoms with Crippen molar-refractivity contribution < 1.29 is 23.5 Å². The van der Waals surface area contributed by atoms with Crippen LogP contribution in [0.2, 0.25) is 0 Å². The van der Waals surface area contributed by atoms with Gasteiger partial charge in [-0.1, -0.05) is 36.4 Å². The van der Waals surface area contributed by atoms with Crippen LogP contribution >= 0.6 is 0 Å². The summed E-state index contributed by atoms with van der Waals surface area (Å²) in [6, 6.07) is 19.3. The number of urea groups is 1. The highest BCUT2D eigenvalue weighted by molar-refractivity contribution is 5.92. The maximum absolute atomic E-state index is 12.2. The molecule has 0 aliphatic heterocycles. The van der Waals surface area contributed by atoms with Crippen LogP contribution in [-0.2, 0) is 13.2 Å². The Kier molecular flexibility index (Phi) is 7.53. The summed E-state index contributed by atoms with van der Waals surface area (Å²) in [5.74, 6) is 1.36. The van der Waals surface area contributed by atoms with E-state index < -0.39 is 11.9 Å². The predicted octanol–water partition coefficient (Wildman–Crippen LogP) is 3.79. The van der Waals surface area contributed by atoms with Crippen LogP contribution in [0, 0.1) is 0 Å². The fraction of sp³-hybridized carbons (Fsp3) is 0.217. The fourth-order valence-corrected chi connectivity index (χ4v) is 2.66. The van der Waals surface area contributed by atoms with Crippen LogP contribution in [-0.4, -0.2) is 18.0 Å². The smallest absolute Gasteiger partial charge is 0.333 e. The Morgan fingerprint density at radius 1 is 0.935 bits per heavy atom. The minimum absolute atomic E-state index is 0.0190. The third kappa shape index (κ3) is 6.81. The lowest BCUT2D eigenvalue weighted by Crippen LogP contribution is -2.46. The molecule has 0 spiro atoms. The number of ether oxygens (including phenoxy) is 2. The van der Waals surface area contributed by atoms with Gasteiger partial charge in [-0.05, 0) is 44.2 Å². The first kappa shape index (κ1) is 21.8. The molecular formula is C23H25N3O5. The summed E-state index contributed by atoms with van der Waals surface area (Å²) in [4.78, 5) is 24.2. The molecule has 0 aliphatic carbocycles. The topological polar surface area (TPSA) is 102 Å². The number of rotatable bonds is 8. The second-order valence-corrected chi connectivity index (χ2v) is 6.90. The average Bonchev–Trinajstić information content (AvgIpc) is 3.25. The lowest BCUT2D eigenvalue weighted by molar-refractivity contribution is 0.0904. The lowest BCUT2D eigenvalue weighted by atomic mass is 10.2. The van der Waals surface area contributed by atoms with Gasteiger partial charge in [-0.15, -0.1) is 0 Å². The lowest BCUT2D eigenvalue weighted by Gasteiger charge is -2.14. The molecule has 2 aromatic carbocycles. The summed E-state index contributed by atoms with van der Waals surface area (Å²) in [6.45, 7) is 4.29. The van der Waals surface area contributed by atoms with E-state index in [2.05, 4.69) is 16.2 Å². The predicted molar refractivity (Wildman–Crippen MR) is 115 cm³/mol. The maximum Gasteiger partial charge on any atom is 0.333 e. The minimum Gasteiger partial charge on any atom is -0.491 e. The van der Waals surface area contributed by atoms with Crippen LogP contribution in [0.3, 0.4) is 0 Å². The quantitative estimate of drug-likeness (QED) is 0.479. The van der Waals surface area contributed by atoms with Gasteiger partial charge in [0.2, 0.25) is 0 Å². The summed E-state index contributed by atoms with van der Waals surface area (Å²) >= 11 is 0. The standard InChI is InChI=1S/C23H25N3O5/c1-16(2)30-20-11-7-6-8-17(20)14-24-23(28)26-25-22(27)21-13-12-19(31-21)15-29-18-9-4-3-5-10-18/h3-13,16H,14-15H2,1-2H3,(H,25,27)(H2,24,26,28). The van der Waals surface area contributed by atoms with Gasteiger partial charge in [0.1, 0.15) is 23.9 Å². The van der Waals surface area contributed by atoms with E-state index in [4.69, 9.17) is 13.9 Å². The van der Waals surface area contributed by atoms with Gasteiger partial charge in [0.15, 0.2) is 5.76 Å². The summed E-state index contributed by atoms with van der Waals surface area (Å²) < 4.78 is 16.8. The highest BCUT2D eigenvalue weighted by Crippen LogP contribution is 2.19. The summed E-state index contributed by atoms with van der Waals surface area (Å²) in [5.41, 5.74) is 5.42. The zero-order chi connectivity index (χ0) is 22.1. The van der Waals surface area contributed by atoms with Gasteiger partial charge in [-0.2, -0.15) is 0 Å². The number of nitrogens with one attached hydrogen (secondary N) is 3. The first-order chi connectivity index (χ1) is 15.0. The minimum atomic E-state index is -0.579. The molecule has 3 N–H and O–H groups in total. The molecule has 0 bridgehead atoms. The number of hydrogen-bond donors (Lipinski definition) is 3. The zero-order valence-electron chi connectivity index (χ0n) is 17.4. The molecule has 0 aliphatic rings. The Hall–Kier alpha value is -3.94. The van der Waals surface area contributed by atoms with Crippen molar-refractivity contribution in [2.45, 2.75) is 33.1 Å². The molecule has 0 saturated carbocycles. The summed E-state index contributed by atoms with van der Waals surface area (Å²) in [5, 5.41) is 2.67. The number of carbonyl (C=O) groups excluding carboxylic acids is 2. The molecule has 31 heavy (non-hydrogen) atoms.